The summed E-state index contributed by atoms with van der Waals surface area (Å²) in [7, 11) is 7.22. The number of imide groups is 1. The van der Waals surface area contributed by atoms with Crippen molar-refractivity contribution >= 4 is 17.9 Å². The van der Waals surface area contributed by atoms with E-state index in [4.69, 9.17) is 4.74 Å². The van der Waals surface area contributed by atoms with Crippen molar-refractivity contribution in [3.05, 3.63) is 0 Å². The van der Waals surface area contributed by atoms with Gasteiger partial charge in [-0.25, -0.2) is 4.79 Å². The highest BCUT2D eigenvalue weighted by molar-refractivity contribution is 6.04. The Labute approximate surface area is 130 Å². The number of carbonyl (C=O) groups excluding carboxylic acids is 2. The highest BCUT2D eigenvalue weighted by Gasteiger charge is 2.49. The molecule has 3 amide bonds. The molecule has 0 aromatic heterocycles. The van der Waals surface area contributed by atoms with Crippen LogP contribution in [-0.4, -0.2) is 99.3 Å². The fourth-order valence-electron chi connectivity index (χ4n) is 2.51. The topological polar surface area (TPSA) is 89.5 Å². The minimum atomic E-state index is -0.490. The van der Waals surface area contributed by atoms with Crippen molar-refractivity contribution in [2.45, 2.75) is 12.2 Å². The van der Waals surface area contributed by atoms with Gasteiger partial charge in [0, 0.05) is 27.2 Å². The second-order valence-corrected chi connectivity index (χ2v) is 5.63. The Balaban J connectivity index is 2.18. The lowest BCUT2D eigenvalue weighted by Crippen LogP contribution is -2.65. The number of urea groups is 1. The number of methoxy groups -OCH3 is 1. The van der Waals surface area contributed by atoms with Gasteiger partial charge >= 0.3 is 6.03 Å². The summed E-state index contributed by atoms with van der Waals surface area (Å²) >= 11 is 0. The summed E-state index contributed by atoms with van der Waals surface area (Å²) in [5.41, 5.74) is 0. The number of amides is 3. The second kappa shape index (κ2) is 6.93. The van der Waals surface area contributed by atoms with Gasteiger partial charge in [-0.3, -0.25) is 15.1 Å². The molecule has 0 aromatic carbocycles. The van der Waals surface area contributed by atoms with Crippen LogP contribution in [0, 0.1) is 0 Å². The van der Waals surface area contributed by atoms with E-state index in [0.29, 0.717) is 25.7 Å². The maximum atomic E-state index is 12.2. The molecule has 0 aliphatic carbocycles. The number of nitrogens with one attached hydrogen (secondary N) is 2. The van der Waals surface area contributed by atoms with Crippen LogP contribution in [0.4, 0.5) is 4.79 Å². The molecule has 2 aliphatic heterocycles. The molecule has 9 heteroatoms. The van der Waals surface area contributed by atoms with Crippen molar-refractivity contribution < 1.29 is 14.3 Å². The molecule has 22 heavy (non-hydrogen) atoms. The molecule has 2 rings (SSSR count). The molecule has 2 heterocycles. The number of guanidine groups is 1. The Morgan fingerprint density at radius 3 is 2.73 bits per heavy atom. The third-order valence-corrected chi connectivity index (χ3v) is 3.77. The maximum absolute atomic E-state index is 12.2. The van der Waals surface area contributed by atoms with Gasteiger partial charge in [-0.15, -0.1) is 0 Å². The zero-order chi connectivity index (χ0) is 16.3. The number of rotatable bonds is 6. The number of likely N-dealkylation sites (N-methyl/N-ethyl adjacent to an activating group) is 2. The van der Waals surface area contributed by atoms with E-state index in [1.165, 1.54) is 4.90 Å². The van der Waals surface area contributed by atoms with Gasteiger partial charge in [-0.05, 0) is 14.1 Å². The smallest absolute Gasteiger partial charge is 0.325 e. The van der Waals surface area contributed by atoms with Gasteiger partial charge in [-0.1, -0.05) is 0 Å². The number of fused-ring (bicyclic) bond motifs is 1. The third-order valence-electron chi connectivity index (χ3n) is 3.77. The largest absolute Gasteiger partial charge is 0.383 e. The molecule has 0 saturated carbocycles. The molecule has 2 unspecified atom stereocenters. The molecule has 2 atom stereocenters. The molecular formula is C13H24N6O3. The van der Waals surface area contributed by atoms with E-state index in [1.807, 2.05) is 23.9 Å². The summed E-state index contributed by atoms with van der Waals surface area (Å²) in [4.78, 5) is 33.8. The first-order chi connectivity index (χ1) is 10.5. The molecule has 2 N–H and O–H groups in total. The fraction of sp³-hybridized carbons (Fsp3) is 0.769. The Morgan fingerprint density at radius 2 is 2.09 bits per heavy atom. The van der Waals surface area contributed by atoms with Crippen LogP contribution in [0.1, 0.15) is 0 Å². The zero-order valence-electron chi connectivity index (χ0n) is 13.5. The van der Waals surface area contributed by atoms with Gasteiger partial charge in [0.25, 0.3) is 5.91 Å². The highest BCUT2D eigenvalue weighted by Crippen LogP contribution is 2.20. The van der Waals surface area contributed by atoms with Crippen molar-refractivity contribution in [3.8, 4) is 0 Å². The van der Waals surface area contributed by atoms with Crippen molar-refractivity contribution in [1.82, 2.24) is 25.3 Å². The Hall–Kier alpha value is -1.87. The van der Waals surface area contributed by atoms with Crippen molar-refractivity contribution in [2.24, 2.45) is 4.99 Å². The molecule has 2 aliphatic rings. The lowest BCUT2D eigenvalue weighted by atomic mass is 10.1. The first kappa shape index (κ1) is 16.5. The molecule has 0 spiro atoms. The molecule has 9 nitrogen and oxygen atoms in total. The molecule has 124 valence electrons. The molecular weight excluding hydrogens is 288 g/mol. The van der Waals surface area contributed by atoms with Crippen LogP contribution < -0.4 is 10.6 Å². The highest BCUT2D eigenvalue weighted by atomic mass is 16.5. The average molecular weight is 312 g/mol. The summed E-state index contributed by atoms with van der Waals surface area (Å²) in [6.07, 6.45) is -0.406. The number of aliphatic imine (C=N–C) groups is 1. The van der Waals surface area contributed by atoms with Gasteiger partial charge in [0.05, 0.1) is 13.2 Å². The van der Waals surface area contributed by atoms with Crippen molar-refractivity contribution in [1.29, 1.82) is 0 Å². The van der Waals surface area contributed by atoms with Gasteiger partial charge in [0.2, 0.25) is 0 Å². The van der Waals surface area contributed by atoms with E-state index < -0.39 is 18.2 Å². The van der Waals surface area contributed by atoms with Crippen LogP contribution in [0.2, 0.25) is 0 Å². The lowest BCUT2D eigenvalue weighted by Gasteiger charge is -2.35. The van der Waals surface area contributed by atoms with Crippen LogP contribution in [0.15, 0.2) is 4.99 Å². The summed E-state index contributed by atoms with van der Waals surface area (Å²) in [6.45, 7) is 2.42. The van der Waals surface area contributed by atoms with E-state index in [9.17, 15) is 9.59 Å². The first-order valence-electron chi connectivity index (χ1n) is 7.24. The number of hydrogen-bond donors (Lipinski definition) is 2. The van der Waals surface area contributed by atoms with Crippen LogP contribution in [0.25, 0.3) is 0 Å². The number of ether oxygens (including phenoxy) is 1. The zero-order valence-corrected chi connectivity index (χ0v) is 13.5. The maximum Gasteiger partial charge on any atom is 0.325 e. The van der Waals surface area contributed by atoms with Crippen LogP contribution in [0.5, 0.6) is 0 Å². The minimum absolute atomic E-state index is 0.311. The van der Waals surface area contributed by atoms with Crippen LogP contribution in [-0.2, 0) is 9.53 Å². The first-order valence-corrected chi connectivity index (χ1v) is 7.24. The number of hydrogen-bond acceptors (Lipinski definition) is 5. The number of carbonyl (C=O) groups is 2. The Morgan fingerprint density at radius 1 is 1.36 bits per heavy atom. The lowest BCUT2D eigenvalue weighted by molar-refractivity contribution is -0.127. The van der Waals surface area contributed by atoms with E-state index in [2.05, 4.69) is 15.6 Å². The van der Waals surface area contributed by atoms with E-state index in [0.717, 1.165) is 6.54 Å². The number of nitrogens with zero attached hydrogens (tertiary/aromatic N) is 4. The SMILES string of the molecule is COCCN1C(=NCCN(C)C)NC2C1C(=O)NC(=O)N2C. The molecule has 2 fully saturated rings. The molecule has 0 bridgehead atoms. The monoisotopic (exact) mass is 312 g/mol. The summed E-state index contributed by atoms with van der Waals surface area (Å²) in [6, 6.07) is -0.893. The fourth-order valence-corrected chi connectivity index (χ4v) is 2.51. The predicted octanol–water partition coefficient (Wildman–Crippen LogP) is -1.67. The normalized spacial score (nSPS) is 26.5. The van der Waals surface area contributed by atoms with Gasteiger partial charge < -0.3 is 24.8 Å². The quantitative estimate of drug-likeness (QED) is 0.610. The minimum Gasteiger partial charge on any atom is -0.383 e. The average Bonchev–Trinajstić information content (AvgIpc) is 2.81. The summed E-state index contributed by atoms with van der Waals surface area (Å²) < 4.78 is 5.11. The molecule has 0 aromatic rings. The van der Waals surface area contributed by atoms with E-state index in [-0.39, 0.29) is 5.91 Å². The van der Waals surface area contributed by atoms with Crippen LogP contribution in [0.3, 0.4) is 0 Å². The van der Waals surface area contributed by atoms with Gasteiger partial charge in [0.1, 0.15) is 6.17 Å². The van der Waals surface area contributed by atoms with E-state index in [1.54, 1.807) is 14.2 Å². The van der Waals surface area contributed by atoms with Crippen molar-refractivity contribution in [3.63, 3.8) is 0 Å². The Kier molecular flexibility index (Phi) is 5.19. The molecule has 2 saturated heterocycles. The van der Waals surface area contributed by atoms with Crippen LogP contribution >= 0.6 is 0 Å². The third kappa shape index (κ3) is 3.30. The summed E-state index contributed by atoms with van der Waals surface area (Å²) in [5, 5.41) is 5.55. The summed E-state index contributed by atoms with van der Waals surface area (Å²) in [5.74, 6) is 0.320. The van der Waals surface area contributed by atoms with E-state index >= 15 is 0 Å². The van der Waals surface area contributed by atoms with Gasteiger partial charge in [0.15, 0.2) is 12.0 Å². The second-order valence-electron chi connectivity index (χ2n) is 5.63. The predicted molar refractivity (Wildman–Crippen MR) is 81.5 cm³/mol. The van der Waals surface area contributed by atoms with Crippen molar-refractivity contribution in [2.75, 3.05) is 54.5 Å². The molecule has 0 radical (unpaired) electrons. The Bertz CT molecular complexity index is 467. The standard InChI is InChI=1S/C13H24N6O3/c1-17(2)6-5-14-12-15-10-9(19(12)7-8-22-4)11(20)16-13(21)18(10)3/h9-10H,5-8H2,1-4H3,(H,14,15)(H,16,20,21). The van der Waals surface area contributed by atoms with Gasteiger partial charge in [-0.2, -0.15) is 0 Å².